The van der Waals surface area contributed by atoms with Gasteiger partial charge in [0.25, 0.3) is 5.89 Å². The summed E-state index contributed by atoms with van der Waals surface area (Å²) < 4.78 is 43.7. The Morgan fingerprint density at radius 1 is 0.962 bits per heavy atom. The van der Waals surface area contributed by atoms with Gasteiger partial charge < -0.3 is 14.0 Å². The van der Waals surface area contributed by atoms with Gasteiger partial charge in [-0.1, -0.05) is 11.2 Å². The molecule has 0 spiro atoms. The molecule has 0 aliphatic heterocycles. The van der Waals surface area contributed by atoms with Gasteiger partial charge in [-0.15, -0.1) is 0 Å². The van der Waals surface area contributed by atoms with Crippen LogP contribution in [0.1, 0.15) is 25.2 Å². The second-order valence-electron chi connectivity index (χ2n) is 5.92. The summed E-state index contributed by atoms with van der Waals surface area (Å²) in [4.78, 5) is 12.4. The maximum Gasteiger partial charge on any atom is 0.296 e. The predicted molar refractivity (Wildman–Crippen MR) is 86.9 cm³/mol. The Labute approximate surface area is 148 Å². The number of halogens is 2. The first-order valence-electron chi connectivity index (χ1n) is 7.63. The smallest absolute Gasteiger partial charge is 0.296 e. The van der Waals surface area contributed by atoms with Crippen molar-refractivity contribution in [1.82, 2.24) is 20.1 Å². The van der Waals surface area contributed by atoms with E-state index in [2.05, 4.69) is 20.1 Å². The highest BCUT2D eigenvalue weighted by atomic mass is 19.1. The molecule has 7 nitrogen and oxygen atoms in total. The zero-order valence-electron chi connectivity index (χ0n) is 14.6. The first-order valence-corrected chi connectivity index (χ1v) is 7.63. The van der Waals surface area contributed by atoms with Crippen LogP contribution >= 0.6 is 0 Å². The summed E-state index contributed by atoms with van der Waals surface area (Å²) in [6, 6.07) is 5.14. The normalized spacial score (nSPS) is 11.5. The average Bonchev–Trinajstić information content (AvgIpc) is 3.12. The van der Waals surface area contributed by atoms with Crippen LogP contribution < -0.4 is 9.47 Å². The third kappa shape index (κ3) is 3.07. The molecular formula is C17H16F2N4O3. The van der Waals surface area contributed by atoms with Crippen LogP contribution in [0.15, 0.2) is 28.8 Å². The Hall–Kier alpha value is -3.10. The van der Waals surface area contributed by atoms with Crippen molar-refractivity contribution < 1.29 is 22.8 Å². The van der Waals surface area contributed by atoms with Crippen LogP contribution in [0.5, 0.6) is 11.8 Å². The second-order valence-corrected chi connectivity index (χ2v) is 5.92. The van der Waals surface area contributed by atoms with Crippen molar-refractivity contribution in [3.63, 3.8) is 0 Å². The maximum atomic E-state index is 14.2. The van der Waals surface area contributed by atoms with E-state index in [-0.39, 0.29) is 34.9 Å². The van der Waals surface area contributed by atoms with E-state index in [4.69, 9.17) is 14.0 Å². The zero-order valence-corrected chi connectivity index (χ0v) is 14.6. The number of methoxy groups -OCH3 is 2. The van der Waals surface area contributed by atoms with Crippen LogP contribution in [0.25, 0.3) is 11.7 Å². The highest BCUT2D eigenvalue weighted by Crippen LogP contribution is 2.34. The van der Waals surface area contributed by atoms with Gasteiger partial charge in [0.1, 0.15) is 11.6 Å². The number of benzene rings is 1. The van der Waals surface area contributed by atoms with Crippen molar-refractivity contribution in [2.75, 3.05) is 14.2 Å². The second kappa shape index (κ2) is 6.66. The molecule has 0 radical (unpaired) electrons. The van der Waals surface area contributed by atoms with Crippen LogP contribution in [0.2, 0.25) is 0 Å². The van der Waals surface area contributed by atoms with Crippen molar-refractivity contribution >= 4 is 0 Å². The number of hydrogen-bond donors (Lipinski definition) is 0. The fourth-order valence-corrected chi connectivity index (χ4v) is 2.48. The third-order valence-electron chi connectivity index (χ3n) is 3.86. The van der Waals surface area contributed by atoms with Crippen LogP contribution in [-0.4, -0.2) is 34.3 Å². The monoisotopic (exact) mass is 362 g/mol. The summed E-state index contributed by atoms with van der Waals surface area (Å²) in [7, 11) is 2.88. The van der Waals surface area contributed by atoms with Gasteiger partial charge in [0.05, 0.1) is 25.7 Å². The van der Waals surface area contributed by atoms with Gasteiger partial charge in [-0.25, -0.2) is 8.78 Å². The van der Waals surface area contributed by atoms with Gasteiger partial charge in [-0.2, -0.15) is 15.0 Å². The standard InChI is InChI=1S/C17H16F2N4O3/c1-17(2,13-9(18)6-5-7-10(13)19)16-22-15(26-23-16)14-20-11(24-3)8-12(21-14)25-4/h5-8H,1-4H3. The molecule has 9 heteroatoms. The lowest BCUT2D eigenvalue weighted by molar-refractivity contribution is 0.368. The molecule has 136 valence electrons. The van der Waals surface area contributed by atoms with E-state index in [1.807, 2.05) is 0 Å². The number of ether oxygens (including phenoxy) is 2. The van der Waals surface area contributed by atoms with Crippen LogP contribution in [0.3, 0.4) is 0 Å². The Kier molecular flexibility index (Phi) is 4.54. The molecule has 0 N–H and O–H groups in total. The predicted octanol–water partition coefficient (Wildman–Crippen LogP) is 3.15. The van der Waals surface area contributed by atoms with Gasteiger partial charge >= 0.3 is 0 Å². The van der Waals surface area contributed by atoms with Crippen molar-refractivity contribution in [1.29, 1.82) is 0 Å². The molecule has 0 fully saturated rings. The summed E-state index contributed by atoms with van der Waals surface area (Å²) in [5.74, 6) is -0.771. The summed E-state index contributed by atoms with van der Waals surface area (Å²) in [5, 5.41) is 3.85. The first kappa shape index (κ1) is 17.7. The van der Waals surface area contributed by atoms with Crippen LogP contribution in [0, 0.1) is 11.6 Å². The van der Waals surface area contributed by atoms with Crippen molar-refractivity contribution in [3.05, 3.63) is 47.3 Å². The fraction of sp³-hybridized carbons (Fsp3) is 0.294. The summed E-state index contributed by atoms with van der Waals surface area (Å²) in [6.07, 6.45) is 0. The molecule has 0 aliphatic rings. The summed E-state index contributed by atoms with van der Waals surface area (Å²) >= 11 is 0. The van der Waals surface area contributed by atoms with E-state index in [1.165, 1.54) is 38.5 Å². The number of aromatic nitrogens is 4. The molecule has 2 heterocycles. The van der Waals surface area contributed by atoms with Gasteiger partial charge in [-0.05, 0) is 26.0 Å². The lowest BCUT2D eigenvalue weighted by Crippen LogP contribution is -2.24. The van der Waals surface area contributed by atoms with Gasteiger partial charge in [0.2, 0.25) is 17.6 Å². The Morgan fingerprint density at radius 3 is 2.08 bits per heavy atom. The largest absolute Gasteiger partial charge is 0.481 e. The molecular weight excluding hydrogens is 346 g/mol. The van der Waals surface area contributed by atoms with E-state index in [9.17, 15) is 8.78 Å². The molecule has 2 aromatic heterocycles. The van der Waals surface area contributed by atoms with E-state index < -0.39 is 17.0 Å². The van der Waals surface area contributed by atoms with E-state index >= 15 is 0 Å². The Morgan fingerprint density at radius 2 is 1.54 bits per heavy atom. The minimum atomic E-state index is -1.18. The van der Waals surface area contributed by atoms with Crippen molar-refractivity contribution in [3.8, 4) is 23.5 Å². The molecule has 26 heavy (non-hydrogen) atoms. The molecule has 0 bridgehead atoms. The fourth-order valence-electron chi connectivity index (χ4n) is 2.48. The van der Waals surface area contributed by atoms with Crippen LogP contribution in [0.4, 0.5) is 8.78 Å². The minimum absolute atomic E-state index is 0.0259. The number of nitrogens with zero attached hydrogens (tertiary/aromatic N) is 4. The topological polar surface area (TPSA) is 83.2 Å². The molecule has 0 saturated carbocycles. The van der Waals surface area contributed by atoms with Crippen LogP contribution in [-0.2, 0) is 5.41 Å². The van der Waals surface area contributed by atoms with E-state index in [0.717, 1.165) is 0 Å². The van der Waals surface area contributed by atoms with E-state index in [0.29, 0.717) is 0 Å². The molecule has 1 aromatic carbocycles. The molecule has 3 rings (SSSR count). The van der Waals surface area contributed by atoms with Crippen molar-refractivity contribution in [2.24, 2.45) is 0 Å². The molecule has 0 unspecified atom stereocenters. The minimum Gasteiger partial charge on any atom is -0.481 e. The van der Waals surface area contributed by atoms with E-state index in [1.54, 1.807) is 13.8 Å². The third-order valence-corrected chi connectivity index (χ3v) is 3.86. The average molecular weight is 362 g/mol. The molecule has 0 amide bonds. The Bertz CT molecular complexity index is 901. The summed E-state index contributed by atoms with van der Waals surface area (Å²) in [6.45, 7) is 3.19. The van der Waals surface area contributed by atoms with Gasteiger partial charge in [-0.3, -0.25) is 0 Å². The maximum absolute atomic E-state index is 14.2. The number of hydrogen-bond acceptors (Lipinski definition) is 7. The SMILES string of the molecule is COc1cc(OC)nc(-c2nc(C(C)(C)c3c(F)cccc3F)no2)n1. The summed E-state index contributed by atoms with van der Waals surface area (Å²) in [5.41, 5.74) is -1.34. The molecule has 0 aliphatic carbocycles. The van der Waals surface area contributed by atoms with Gasteiger partial charge in [0.15, 0.2) is 5.82 Å². The highest BCUT2D eigenvalue weighted by molar-refractivity contribution is 5.44. The lowest BCUT2D eigenvalue weighted by atomic mass is 9.83. The first-order chi connectivity index (χ1) is 12.4. The Balaban J connectivity index is 2.05. The zero-order chi connectivity index (χ0) is 18.9. The quantitative estimate of drug-likeness (QED) is 0.689. The highest BCUT2D eigenvalue weighted by Gasteiger charge is 2.35. The molecule has 0 saturated heterocycles. The number of rotatable bonds is 5. The van der Waals surface area contributed by atoms with Gasteiger partial charge in [0, 0.05) is 5.56 Å². The molecule has 3 aromatic rings. The van der Waals surface area contributed by atoms with Crippen molar-refractivity contribution in [2.45, 2.75) is 19.3 Å². The molecule has 0 atom stereocenters. The lowest BCUT2D eigenvalue weighted by Gasteiger charge is -2.22.